The fraction of sp³-hybridized carbons (Fsp3) is 0.222. The lowest BCUT2D eigenvalue weighted by Crippen LogP contribution is -2.49. The highest BCUT2D eigenvalue weighted by Gasteiger charge is 2.36. The Labute approximate surface area is 149 Å². The number of nitrogens with zero attached hydrogens (tertiary/aromatic N) is 3. The molecule has 1 aliphatic rings. The molecule has 0 radical (unpaired) electrons. The van der Waals surface area contributed by atoms with Crippen molar-refractivity contribution in [2.24, 2.45) is 5.73 Å². The molecule has 1 aromatic carbocycles. The lowest BCUT2D eigenvalue weighted by molar-refractivity contribution is -0.139. The van der Waals surface area contributed by atoms with Crippen molar-refractivity contribution in [3.05, 3.63) is 76.3 Å². The molecule has 5 nitrogen and oxygen atoms in total. The van der Waals surface area contributed by atoms with Crippen LogP contribution in [-0.4, -0.2) is 34.3 Å². The Bertz CT molecular complexity index is 763. The van der Waals surface area contributed by atoms with E-state index in [-0.39, 0.29) is 5.91 Å². The molecule has 2 aromatic rings. The number of rotatable bonds is 3. The van der Waals surface area contributed by atoms with Crippen LogP contribution in [0.15, 0.2) is 65.0 Å². The minimum Gasteiger partial charge on any atom is -0.403 e. The zero-order valence-electron chi connectivity index (χ0n) is 13.4. The third-order valence-corrected chi connectivity index (χ3v) is 4.67. The molecule has 0 saturated carbocycles. The average Bonchev–Trinajstić information content (AvgIpc) is 2.58. The molecule has 1 amide bonds. The maximum atomic E-state index is 13.1. The summed E-state index contributed by atoms with van der Waals surface area (Å²) < 4.78 is 0.946. The number of carbonyl (C=O) groups is 1. The molecular weight excluding hydrogens is 368 g/mol. The van der Waals surface area contributed by atoms with Gasteiger partial charge in [0.2, 0.25) is 0 Å². The lowest BCUT2D eigenvalue weighted by atomic mass is 10.0. The first-order chi connectivity index (χ1) is 11.6. The monoisotopic (exact) mass is 386 g/mol. The molecule has 2 heterocycles. The van der Waals surface area contributed by atoms with E-state index in [9.17, 15) is 4.79 Å². The Hall–Kier alpha value is -2.34. The van der Waals surface area contributed by atoms with Gasteiger partial charge in [-0.1, -0.05) is 34.1 Å². The van der Waals surface area contributed by atoms with Crippen LogP contribution in [-0.2, 0) is 11.3 Å². The minimum atomic E-state index is -0.394. The fourth-order valence-electron chi connectivity index (χ4n) is 2.92. The Morgan fingerprint density at radius 2 is 2.17 bits per heavy atom. The van der Waals surface area contributed by atoms with E-state index in [1.807, 2.05) is 54.4 Å². The second-order valence-electron chi connectivity index (χ2n) is 5.74. The van der Waals surface area contributed by atoms with Gasteiger partial charge in [-0.05, 0) is 29.8 Å². The number of hydrogen-bond acceptors (Lipinski definition) is 4. The molecule has 1 fully saturated rings. The van der Waals surface area contributed by atoms with Gasteiger partial charge in [0, 0.05) is 29.6 Å². The van der Waals surface area contributed by atoms with Gasteiger partial charge in [-0.3, -0.25) is 9.78 Å². The second-order valence-corrected chi connectivity index (χ2v) is 6.66. The summed E-state index contributed by atoms with van der Waals surface area (Å²) in [7, 11) is 1.90. The van der Waals surface area contributed by atoms with E-state index in [4.69, 9.17) is 5.73 Å². The van der Waals surface area contributed by atoms with Crippen LogP contribution in [0.25, 0.3) is 0 Å². The van der Waals surface area contributed by atoms with E-state index < -0.39 is 6.04 Å². The summed E-state index contributed by atoms with van der Waals surface area (Å²) in [5, 5.41) is 0. The second kappa shape index (κ2) is 7.05. The van der Waals surface area contributed by atoms with Crippen molar-refractivity contribution < 1.29 is 4.79 Å². The van der Waals surface area contributed by atoms with Crippen LogP contribution in [0.5, 0.6) is 0 Å². The molecule has 1 aliphatic heterocycles. The Morgan fingerprint density at radius 1 is 1.33 bits per heavy atom. The summed E-state index contributed by atoms with van der Waals surface area (Å²) in [6, 6.07) is 13.1. The molecule has 1 unspecified atom stereocenters. The molecular formula is C18H19BrN4O. The largest absolute Gasteiger partial charge is 0.403 e. The van der Waals surface area contributed by atoms with Crippen molar-refractivity contribution in [3.63, 3.8) is 0 Å². The van der Waals surface area contributed by atoms with Crippen LogP contribution in [0.4, 0.5) is 0 Å². The van der Waals surface area contributed by atoms with Crippen molar-refractivity contribution >= 4 is 21.8 Å². The van der Waals surface area contributed by atoms with Gasteiger partial charge >= 0.3 is 0 Å². The zero-order chi connectivity index (χ0) is 17.1. The number of carbonyl (C=O) groups excluding carboxylic acids is 1. The van der Waals surface area contributed by atoms with Crippen LogP contribution in [0, 0.1) is 0 Å². The number of benzene rings is 1. The quantitative estimate of drug-likeness (QED) is 0.880. The van der Waals surface area contributed by atoms with Gasteiger partial charge in [-0.25, -0.2) is 0 Å². The molecule has 0 bridgehead atoms. The van der Waals surface area contributed by atoms with Gasteiger partial charge < -0.3 is 15.5 Å². The molecule has 1 atom stereocenters. The third kappa shape index (κ3) is 3.28. The summed E-state index contributed by atoms with van der Waals surface area (Å²) in [4.78, 5) is 21.2. The van der Waals surface area contributed by atoms with Gasteiger partial charge in [0.15, 0.2) is 0 Å². The topological polar surface area (TPSA) is 62.5 Å². The van der Waals surface area contributed by atoms with E-state index in [0.717, 1.165) is 21.4 Å². The molecule has 0 spiro atoms. The first-order valence-corrected chi connectivity index (χ1v) is 8.47. The van der Waals surface area contributed by atoms with E-state index in [1.54, 1.807) is 17.3 Å². The fourth-order valence-corrected chi connectivity index (χ4v) is 3.34. The molecule has 2 N–H and O–H groups in total. The first kappa shape index (κ1) is 16.5. The maximum absolute atomic E-state index is 13.1. The summed E-state index contributed by atoms with van der Waals surface area (Å²) in [6.45, 7) is 0.947. The molecule has 6 heteroatoms. The van der Waals surface area contributed by atoms with Crippen LogP contribution >= 0.6 is 15.9 Å². The number of nitrogens with two attached hydrogens (primary N) is 1. The summed E-state index contributed by atoms with van der Waals surface area (Å²) in [5.74, 6) is 0.0480. The summed E-state index contributed by atoms with van der Waals surface area (Å²) in [6.07, 6.45) is 3.31. The van der Waals surface area contributed by atoms with Gasteiger partial charge in [-0.15, -0.1) is 0 Å². The Balaban J connectivity index is 1.93. The summed E-state index contributed by atoms with van der Waals surface area (Å²) >= 11 is 3.48. The highest BCUT2D eigenvalue weighted by atomic mass is 79.9. The Morgan fingerprint density at radius 3 is 2.83 bits per heavy atom. The molecule has 1 saturated heterocycles. The van der Waals surface area contributed by atoms with Gasteiger partial charge in [-0.2, -0.15) is 0 Å². The lowest BCUT2D eigenvalue weighted by Gasteiger charge is -2.41. The molecule has 1 aromatic heterocycles. The van der Waals surface area contributed by atoms with E-state index >= 15 is 0 Å². The van der Waals surface area contributed by atoms with Crippen LogP contribution in [0.1, 0.15) is 17.3 Å². The average molecular weight is 387 g/mol. The molecule has 24 heavy (non-hydrogen) atoms. The van der Waals surface area contributed by atoms with E-state index in [0.29, 0.717) is 13.1 Å². The van der Waals surface area contributed by atoms with Crippen molar-refractivity contribution in [1.82, 2.24) is 14.8 Å². The number of amides is 1. The predicted molar refractivity (Wildman–Crippen MR) is 96.6 cm³/mol. The maximum Gasteiger partial charge on any atom is 0.250 e. The van der Waals surface area contributed by atoms with Crippen LogP contribution in [0.3, 0.4) is 0 Å². The van der Waals surface area contributed by atoms with E-state index in [1.165, 1.54) is 0 Å². The molecule has 3 rings (SSSR count). The number of aromatic nitrogens is 1. The number of hydrogen-bond donors (Lipinski definition) is 1. The van der Waals surface area contributed by atoms with Gasteiger partial charge in [0.25, 0.3) is 5.91 Å². The normalized spacial score (nSPS) is 19.8. The first-order valence-electron chi connectivity index (χ1n) is 7.68. The van der Waals surface area contributed by atoms with E-state index in [2.05, 4.69) is 20.9 Å². The SMILES string of the molecule is CN1/C(=C\N)CN(Cc2ccccn2)C(=O)C1c1cccc(Br)c1. The van der Waals surface area contributed by atoms with Crippen LogP contribution in [0.2, 0.25) is 0 Å². The van der Waals surface area contributed by atoms with Crippen LogP contribution < -0.4 is 5.73 Å². The minimum absolute atomic E-state index is 0.0480. The standard InChI is InChI=1S/C18H19BrN4O/c1-22-16(10-20)12-23(11-15-7-2-3-8-21-15)18(24)17(22)13-5-4-6-14(19)9-13/h2-10,17H,11-12,20H2,1H3/b16-10-. The Kier molecular flexibility index (Phi) is 4.85. The molecule has 124 valence electrons. The number of halogens is 1. The van der Waals surface area contributed by atoms with Crippen molar-refractivity contribution in [2.45, 2.75) is 12.6 Å². The third-order valence-electron chi connectivity index (χ3n) is 4.17. The highest BCUT2D eigenvalue weighted by molar-refractivity contribution is 9.10. The van der Waals surface area contributed by atoms with Crippen molar-refractivity contribution in [2.75, 3.05) is 13.6 Å². The molecule has 0 aliphatic carbocycles. The smallest absolute Gasteiger partial charge is 0.250 e. The van der Waals surface area contributed by atoms with Crippen molar-refractivity contribution in [1.29, 1.82) is 0 Å². The van der Waals surface area contributed by atoms with Gasteiger partial charge in [0.05, 0.1) is 18.8 Å². The summed E-state index contributed by atoms with van der Waals surface area (Å²) in [5.41, 5.74) is 8.50. The van der Waals surface area contributed by atoms with Gasteiger partial charge in [0.1, 0.15) is 6.04 Å². The predicted octanol–water partition coefficient (Wildman–Crippen LogP) is 2.66. The number of pyridine rings is 1. The number of piperazine rings is 1. The number of likely N-dealkylation sites (N-methyl/N-ethyl adjacent to an activating group) is 1. The van der Waals surface area contributed by atoms with Crippen molar-refractivity contribution in [3.8, 4) is 0 Å². The highest BCUT2D eigenvalue weighted by Crippen LogP contribution is 2.31. The zero-order valence-corrected chi connectivity index (χ0v) is 15.0.